The average molecular weight is 316 g/mol. The molecule has 1 fully saturated rings. The van der Waals surface area contributed by atoms with Gasteiger partial charge in [-0.3, -0.25) is 0 Å². The zero-order chi connectivity index (χ0) is 15.6. The van der Waals surface area contributed by atoms with Crippen LogP contribution in [0.2, 0.25) is 0 Å². The fraction of sp³-hybridized carbons (Fsp3) is 0.333. The normalized spacial score (nSPS) is 16.3. The lowest BCUT2D eigenvalue weighted by Gasteiger charge is -2.43. The molecule has 22 heavy (non-hydrogen) atoms. The second-order valence-electron chi connectivity index (χ2n) is 5.84. The van der Waals surface area contributed by atoms with Gasteiger partial charge in [0.15, 0.2) is 0 Å². The van der Waals surface area contributed by atoms with Crippen LogP contribution in [-0.4, -0.2) is 13.1 Å². The molecule has 3 rings (SSSR count). The Morgan fingerprint density at radius 3 is 2.45 bits per heavy atom. The summed E-state index contributed by atoms with van der Waals surface area (Å²) >= 11 is 1.57. The summed E-state index contributed by atoms with van der Waals surface area (Å²) in [6, 6.07) is 13.3. The summed E-state index contributed by atoms with van der Waals surface area (Å²) < 4.78 is 16.6. The average Bonchev–Trinajstić information content (AvgIpc) is 2.48. The molecule has 1 saturated heterocycles. The van der Waals surface area contributed by atoms with Crippen LogP contribution in [0.25, 0.3) is 0 Å². The van der Waals surface area contributed by atoms with E-state index in [9.17, 15) is 4.39 Å². The first kappa shape index (κ1) is 15.5. The Labute approximate surface area is 135 Å². The second-order valence-corrected chi connectivity index (χ2v) is 6.72. The van der Waals surface area contributed by atoms with Gasteiger partial charge in [-0.15, -0.1) is 0 Å². The Hall–Kier alpha value is -1.36. The molecule has 1 aliphatic rings. The van der Waals surface area contributed by atoms with Crippen molar-refractivity contribution < 1.29 is 4.39 Å². The van der Waals surface area contributed by atoms with E-state index in [2.05, 4.69) is 42.1 Å². The molecule has 0 atom stereocenters. The van der Waals surface area contributed by atoms with Crippen LogP contribution in [0, 0.1) is 12.7 Å². The van der Waals surface area contributed by atoms with Crippen molar-refractivity contribution >= 4 is 11.9 Å². The SMILES string of the molecule is CCc1ccc(C2(NSc3ccc(F)cc3)CNC2)cc1C. The first-order chi connectivity index (χ1) is 10.6. The lowest BCUT2D eigenvalue weighted by molar-refractivity contribution is 0.264. The number of hydrogen-bond donors (Lipinski definition) is 2. The van der Waals surface area contributed by atoms with Crippen LogP contribution in [0.5, 0.6) is 0 Å². The van der Waals surface area contributed by atoms with Crippen LogP contribution >= 0.6 is 11.9 Å². The zero-order valence-corrected chi connectivity index (χ0v) is 13.8. The summed E-state index contributed by atoms with van der Waals surface area (Å²) in [5, 5.41) is 3.36. The Kier molecular flexibility index (Phi) is 4.52. The quantitative estimate of drug-likeness (QED) is 0.821. The summed E-state index contributed by atoms with van der Waals surface area (Å²) in [5.74, 6) is -0.199. The molecule has 2 nitrogen and oxygen atoms in total. The minimum atomic E-state index is -0.199. The highest BCUT2D eigenvalue weighted by molar-refractivity contribution is 7.97. The van der Waals surface area contributed by atoms with Crippen LogP contribution in [0.3, 0.4) is 0 Å². The van der Waals surface area contributed by atoms with E-state index in [0.717, 1.165) is 24.4 Å². The minimum Gasteiger partial charge on any atom is -0.312 e. The molecule has 0 aromatic heterocycles. The van der Waals surface area contributed by atoms with Crippen molar-refractivity contribution in [3.8, 4) is 0 Å². The highest BCUT2D eigenvalue weighted by atomic mass is 32.2. The predicted molar refractivity (Wildman–Crippen MR) is 90.5 cm³/mol. The number of halogens is 1. The smallest absolute Gasteiger partial charge is 0.123 e. The standard InChI is InChI=1S/C18H21FN2S/c1-3-14-4-5-15(10-13(14)2)18(11-20-12-18)21-22-17-8-6-16(19)7-9-17/h4-10,20-21H,3,11-12H2,1-2H3. The van der Waals surface area contributed by atoms with Gasteiger partial charge >= 0.3 is 0 Å². The molecule has 0 spiro atoms. The van der Waals surface area contributed by atoms with Crippen molar-refractivity contribution in [2.45, 2.75) is 30.7 Å². The molecule has 0 aliphatic carbocycles. The number of rotatable bonds is 5. The summed E-state index contributed by atoms with van der Waals surface area (Å²) in [5.41, 5.74) is 4.02. The van der Waals surface area contributed by atoms with Crippen molar-refractivity contribution in [1.29, 1.82) is 0 Å². The Bertz CT molecular complexity index is 651. The van der Waals surface area contributed by atoms with E-state index in [1.165, 1.54) is 28.8 Å². The van der Waals surface area contributed by atoms with Crippen LogP contribution < -0.4 is 10.0 Å². The van der Waals surface area contributed by atoms with Crippen molar-refractivity contribution in [3.05, 3.63) is 65.0 Å². The highest BCUT2D eigenvalue weighted by Crippen LogP contribution is 2.31. The topological polar surface area (TPSA) is 24.1 Å². The predicted octanol–water partition coefficient (Wildman–Crippen LogP) is 3.79. The maximum absolute atomic E-state index is 13.0. The molecule has 1 heterocycles. The van der Waals surface area contributed by atoms with E-state index in [1.54, 1.807) is 24.1 Å². The molecule has 4 heteroatoms. The molecule has 1 aliphatic heterocycles. The third-order valence-electron chi connectivity index (χ3n) is 4.31. The van der Waals surface area contributed by atoms with E-state index < -0.39 is 0 Å². The van der Waals surface area contributed by atoms with E-state index >= 15 is 0 Å². The number of aryl methyl sites for hydroxylation is 2. The second kappa shape index (κ2) is 6.41. The molecule has 0 radical (unpaired) electrons. The van der Waals surface area contributed by atoms with Gasteiger partial charge in [0.25, 0.3) is 0 Å². The van der Waals surface area contributed by atoms with Crippen molar-refractivity contribution in [2.75, 3.05) is 13.1 Å². The van der Waals surface area contributed by atoms with E-state index in [-0.39, 0.29) is 11.4 Å². The van der Waals surface area contributed by atoms with E-state index in [0.29, 0.717) is 0 Å². The van der Waals surface area contributed by atoms with Gasteiger partial charge < -0.3 is 5.32 Å². The molecule has 116 valence electrons. The van der Waals surface area contributed by atoms with Crippen LogP contribution in [0.4, 0.5) is 4.39 Å². The number of benzene rings is 2. The number of hydrogen-bond acceptors (Lipinski definition) is 3. The van der Waals surface area contributed by atoms with Gasteiger partial charge in [0.1, 0.15) is 5.82 Å². The van der Waals surface area contributed by atoms with Crippen molar-refractivity contribution in [3.63, 3.8) is 0 Å². The summed E-state index contributed by atoms with van der Waals surface area (Å²) in [4.78, 5) is 1.02. The summed E-state index contributed by atoms with van der Waals surface area (Å²) in [6.45, 7) is 6.18. The van der Waals surface area contributed by atoms with Crippen LogP contribution in [0.1, 0.15) is 23.6 Å². The fourth-order valence-corrected chi connectivity index (χ4v) is 3.61. The first-order valence-corrected chi connectivity index (χ1v) is 8.45. The molecular formula is C18H21FN2S. The molecule has 0 amide bonds. The van der Waals surface area contributed by atoms with Crippen LogP contribution in [0.15, 0.2) is 47.4 Å². The largest absolute Gasteiger partial charge is 0.312 e. The summed E-state index contributed by atoms with van der Waals surface area (Å²) in [6.07, 6.45) is 1.06. The third kappa shape index (κ3) is 3.05. The van der Waals surface area contributed by atoms with Gasteiger partial charge in [0.2, 0.25) is 0 Å². The fourth-order valence-electron chi connectivity index (χ4n) is 2.76. The lowest BCUT2D eigenvalue weighted by Crippen LogP contribution is -2.63. The molecule has 2 aromatic rings. The molecule has 0 unspecified atom stereocenters. The van der Waals surface area contributed by atoms with Gasteiger partial charge in [0.05, 0.1) is 5.54 Å². The van der Waals surface area contributed by atoms with Gasteiger partial charge in [-0.2, -0.15) is 0 Å². The minimum absolute atomic E-state index is 0.0456. The molecule has 0 bridgehead atoms. The van der Waals surface area contributed by atoms with Gasteiger partial charge in [-0.25, -0.2) is 9.11 Å². The molecule has 2 N–H and O–H groups in total. The monoisotopic (exact) mass is 316 g/mol. The first-order valence-electron chi connectivity index (χ1n) is 7.63. The van der Waals surface area contributed by atoms with E-state index in [4.69, 9.17) is 0 Å². The van der Waals surface area contributed by atoms with Crippen molar-refractivity contribution in [1.82, 2.24) is 10.0 Å². The van der Waals surface area contributed by atoms with E-state index in [1.807, 2.05) is 0 Å². The Balaban J connectivity index is 1.77. The molecular weight excluding hydrogens is 295 g/mol. The maximum Gasteiger partial charge on any atom is 0.123 e. The Morgan fingerprint density at radius 1 is 1.18 bits per heavy atom. The molecule has 2 aromatic carbocycles. The summed E-state index contributed by atoms with van der Waals surface area (Å²) in [7, 11) is 0. The van der Waals surface area contributed by atoms with Crippen molar-refractivity contribution in [2.24, 2.45) is 0 Å². The number of nitrogens with one attached hydrogen (secondary N) is 2. The zero-order valence-electron chi connectivity index (χ0n) is 12.9. The highest BCUT2D eigenvalue weighted by Gasteiger charge is 2.38. The van der Waals surface area contributed by atoms with Gasteiger partial charge in [0, 0.05) is 18.0 Å². The van der Waals surface area contributed by atoms with Gasteiger partial charge in [-0.05, 0) is 66.2 Å². The lowest BCUT2D eigenvalue weighted by atomic mass is 9.84. The maximum atomic E-state index is 13.0. The Morgan fingerprint density at radius 2 is 1.91 bits per heavy atom. The van der Waals surface area contributed by atoms with Gasteiger partial charge in [-0.1, -0.05) is 25.1 Å². The van der Waals surface area contributed by atoms with Crippen LogP contribution in [-0.2, 0) is 12.0 Å². The third-order valence-corrected chi connectivity index (χ3v) is 5.31. The molecule has 0 saturated carbocycles.